The highest BCUT2D eigenvalue weighted by atomic mass is 16.5. The first-order chi connectivity index (χ1) is 8.98. The minimum Gasteiger partial charge on any atom is -0.466 e. The van der Waals surface area contributed by atoms with Gasteiger partial charge in [0.2, 0.25) is 0 Å². The van der Waals surface area contributed by atoms with Crippen LogP contribution >= 0.6 is 0 Å². The van der Waals surface area contributed by atoms with Gasteiger partial charge in [-0.1, -0.05) is 50.3 Å². The number of ether oxygens (including phenoxy) is 1. The van der Waals surface area contributed by atoms with E-state index < -0.39 is 0 Å². The van der Waals surface area contributed by atoms with E-state index in [4.69, 9.17) is 4.74 Å². The Balaban J connectivity index is 2.14. The molecule has 2 nitrogen and oxygen atoms in total. The van der Waals surface area contributed by atoms with Gasteiger partial charge < -0.3 is 4.74 Å². The lowest BCUT2D eigenvalue weighted by atomic mass is 10.0. The third-order valence-electron chi connectivity index (χ3n) is 4.11. The first-order valence-corrected chi connectivity index (χ1v) is 6.89. The van der Waals surface area contributed by atoms with E-state index in [1.807, 2.05) is 25.1 Å². The molecule has 2 rings (SSSR count). The Kier molecular flexibility index (Phi) is 3.79. The van der Waals surface area contributed by atoms with E-state index in [0.29, 0.717) is 6.61 Å². The summed E-state index contributed by atoms with van der Waals surface area (Å²) in [5.41, 5.74) is 2.46. The topological polar surface area (TPSA) is 26.3 Å². The largest absolute Gasteiger partial charge is 0.466 e. The Morgan fingerprint density at radius 1 is 1.32 bits per heavy atom. The number of esters is 1. The summed E-state index contributed by atoms with van der Waals surface area (Å²) in [4.78, 5) is 11.9. The van der Waals surface area contributed by atoms with Crippen molar-refractivity contribution in [1.29, 1.82) is 0 Å². The Bertz CT molecular complexity index is 485. The predicted octanol–water partition coefficient (Wildman–Crippen LogP) is 3.93. The van der Waals surface area contributed by atoms with Crippen molar-refractivity contribution in [3.8, 4) is 0 Å². The Hall–Kier alpha value is -1.57. The molecule has 0 heterocycles. The van der Waals surface area contributed by atoms with Crippen molar-refractivity contribution >= 4 is 11.5 Å². The normalized spacial score (nSPS) is 24.9. The van der Waals surface area contributed by atoms with Crippen LogP contribution in [0.1, 0.15) is 33.3 Å². The highest BCUT2D eigenvalue weighted by molar-refractivity contribution is 5.79. The van der Waals surface area contributed by atoms with Gasteiger partial charge in [0.1, 0.15) is 0 Å². The van der Waals surface area contributed by atoms with Crippen molar-refractivity contribution in [2.45, 2.75) is 27.7 Å². The molecule has 102 valence electrons. The fourth-order valence-electron chi connectivity index (χ4n) is 2.74. The molecule has 0 aromatic heterocycles. The monoisotopic (exact) mass is 258 g/mol. The molecule has 0 aliphatic heterocycles. The SMILES string of the molecule is CCOC(=O)C1C(C=C(C)c2ccccc2)C1(C)C. The van der Waals surface area contributed by atoms with E-state index in [2.05, 4.69) is 39.0 Å². The maximum Gasteiger partial charge on any atom is 0.310 e. The van der Waals surface area contributed by atoms with Crippen LogP contribution in [0, 0.1) is 17.3 Å². The second-order valence-electron chi connectivity index (χ2n) is 5.79. The summed E-state index contributed by atoms with van der Waals surface area (Å²) in [6.45, 7) is 8.68. The van der Waals surface area contributed by atoms with Gasteiger partial charge in [-0.2, -0.15) is 0 Å². The van der Waals surface area contributed by atoms with E-state index in [1.165, 1.54) is 11.1 Å². The molecule has 1 aliphatic rings. The Morgan fingerprint density at radius 2 is 1.95 bits per heavy atom. The van der Waals surface area contributed by atoms with E-state index in [0.717, 1.165) is 0 Å². The second kappa shape index (κ2) is 5.20. The van der Waals surface area contributed by atoms with E-state index >= 15 is 0 Å². The lowest BCUT2D eigenvalue weighted by Gasteiger charge is -2.02. The summed E-state index contributed by atoms with van der Waals surface area (Å²) < 4.78 is 5.15. The molecule has 0 bridgehead atoms. The first kappa shape index (κ1) is 13.9. The number of hydrogen-bond donors (Lipinski definition) is 0. The van der Waals surface area contributed by atoms with Gasteiger partial charge in [0.15, 0.2) is 0 Å². The Morgan fingerprint density at radius 3 is 2.53 bits per heavy atom. The van der Waals surface area contributed by atoms with Crippen LogP contribution in [0.25, 0.3) is 5.57 Å². The second-order valence-corrected chi connectivity index (χ2v) is 5.79. The van der Waals surface area contributed by atoms with Crippen LogP contribution in [0.3, 0.4) is 0 Å². The van der Waals surface area contributed by atoms with E-state index in [9.17, 15) is 4.79 Å². The highest BCUT2D eigenvalue weighted by Crippen LogP contribution is 2.60. The van der Waals surface area contributed by atoms with Crippen LogP contribution < -0.4 is 0 Å². The maximum atomic E-state index is 11.9. The molecule has 2 heteroatoms. The van der Waals surface area contributed by atoms with Gasteiger partial charge in [0.25, 0.3) is 0 Å². The van der Waals surface area contributed by atoms with Crippen LogP contribution in [0.4, 0.5) is 0 Å². The van der Waals surface area contributed by atoms with Gasteiger partial charge in [0.05, 0.1) is 12.5 Å². The quantitative estimate of drug-likeness (QED) is 0.765. The molecule has 0 spiro atoms. The third-order valence-corrected chi connectivity index (χ3v) is 4.11. The summed E-state index contributed by atoms with van der Waals surface area (Å²) in [5.74, 6) is 0.229. The molecule has 0 N–H and O–H groups in total. The average molecular weight is 258 g/mol. The molecule has 0 amide bonds. The van der Waals surface area contributed by atoms with E-state index in [-0.39, 0.29) is 23.2 Å². The zero-order chi connectivity index (χ0) is 14.0. The molecule has 19 heavy (non-hydrogen) atoms. The van der Waals surface area contributed by atoms with Gasteiger partial charge >= 0.3 is 5.97 Å². The number of rotatable bonds is 4. The highest BCUT2D eigenvalue weighted by Gasteiger charge is 2.61. The molecule has 0 radical (unpaired) electrons. The van der Waals surface area contributed by atoms with Crippen molar-refractivity contribution in [3.63, 3.8) is 0 Å². The third kappa shape index (κ3) is 2.73. The summed E-state index contributed by atoms with van der Waals surface area (Å²) in [6, 6.07) is 10.3. The van der Waals surface area contributed by atoms with Gasteiger partial charge in [-0.05, 0) is 36.3 Å². The molecule has 1 saturated carbocycles. The van der Waals surface area contributed by atoms with Crippen molar-refractivity contribution in [2.24, 2.45) is 17.3 Å². The minimum atomic E-state index is -0.0605. The number of carbonyl (C=O) groups is 1. The Labute approximate surface area is 115 Å². The molecule has 2 atom stereocenters. The smallest absolute Gasteiger partial charge is 0.310 e. The average Bonchev–Trinajstić information content (AvgIpc) is 2.92. The lowest BCUT2D eigenvalue weighted by molar-refractivity contribution is -0.145. The van der Waals surface area contributed by atoms with Gasteiger partial charge in [-0.25, -0.2) is 0 Å². The molecule has 1 aromatic carbocycles. The minimum absolute atomic E-state index is 0.00566. The van der Waals surface area contributed by atoms with Gasteiger partial charge in [0, 0.05) is 0 Å². The summed E-state index contributed by atoms with van der Waals surface area (Å²) in [6.07, 6.45) is 2.22. The zero-order valence-corrected chi connectivity index (χ0v) is 12.1. The molecule has 1 aliphatic carbocycles. The molecule has 2 unspecified atom stereocenters. The lowest BCUT2D eigenvalue weighted by Crippen LogP contribution is -2.10. The van der Waals surface area contributed by atoms with Crippen molar-refractivity contribution in [3.05, 3.63) is 42.0 Å². The number of carbonyl (C=O) groups excluding carboxylic acids is 1. The van der Waals surface area contributed by atoms with E-state index in [1.54, 1.807) is 0 Å². The van der Waals surface area contributed by atoms with Crippen LogP contribution in [-0.4, -0.2) is 12.6 Å². The van der Waals surface area contributed by atoms with Crippen LogP contribution in [0.5, 0.6) is 0 Å². The molecular formula is C17H22O2. The maximum absolute atomic E-state index is 11.9. The van der Waals surface area contributed by atoms with Gasteiger partial charge in [-0.3, -0.25) is 4.79 Å². The zero-order valence-electron chi connectivity index (χ0n) is 12.1. The molecule has 1 fully saturated rings. The summed E-state index contributed by atoms with van der Waals surface area (Å²) >= 11 is 0. The summed E-state index contributed by atoms with van der Waals surface area (Å²) in [5, 5.41) is 0. The number of allylic oxidation sites excluding steroid dienone is 2. The molecule has 1 aromatic rings. The van der Waals surface area contributed by atoms with Crippen LogP contribution in [-0.2, 0) is 9.53 Å². The summed E-state index contributed by atoms with van der Waals surface area (Å²) in [7, 11) is 0. The molecular weight excluding hydrogens is 236 g/mol. The predicted molar refractivity (Wildman–Crippen MR) is 77.5 cm³/mol. The van der Waals surface area contributed by atoms with Crippen molar-refractivity contribution < 1.29 is 9.53 Å². The fourth-order valence-corrected chi connectivity index (χ4v) is 2.74. The standard InChI is InChI=1S/C17H22O2/c1-5-19-16(18)15-14(17(15,3)4)11-12(2)13-9-7-6-8-10-13/h6-11,14-15H,5H2,1-4H3. The van der Waals surface area contributed by atoms with Crippen LogP contribution in [0.15, 0.2) is 36.4 Å². The fraction of sp³-hybridized carbons (Fsp3) is 0.471. The van der Waals surface area contributed by atoms with Crippen LogP contribution in [0.2, 0.25) is 0 Å². The van der Waals surface area contributed by atoms with Crippen molar-refractivity contribution in [1.82, 2.24) is 0 Å². The number of benzene rings is 1. The molecule has 0 saturated heterocycles. The first-order valence-electron chi connectivity index (χ1n) is 6.89. The van der Waals surface area contributed by atoms with Gasteiger partial charge in [-0.15, -0.1) is 0 Å². The van der Waals surface area contributed by atoms with Crippen molar-refractivity contribution in [2.75, 3.05) is 6.61 Å². The number of hydrogen-bond acceptors (Lipinski definition) is 2.